The van der Waals surface area contributed by atoms with Gasteiger partial charge in [0.1, 0.15) is 0 Å². The average Bonchev–Trinajstić information content (AvgIpc) is 2.64. The third kappa shape index (κ3) is 2.43. The number of fused-ring (bicyclic) bond motifs is 1. The van der Waals surface area contributed by atoms with Gasteiger partial charge in [0, 0.05) is 11.8 Å². The summed E-state index contributed by atoms with van der Waals surface area (Å²) >= 11 is 0. The molecule has 0 fully saturated rings. The summed E-state index contributed by atoms with van der Waals surface area (Å²) in [4.78, 5) is 13.9. The molecular formula is C13H12F3NO2. The number of alkyl halides is 3. The van der Waals surface area contributed by atoms with Gasteiger partial charge in [0.25, 0.3) is 0 Å². The molecule has 1 heterocycles. The van der Waals surface area contributed by atoms with Crippen LogP contribution in [0.4, 0.5) is 13.2 Å². The number of nitrogens with one attached hydrogen (secondary N) is 1. The van der Waals surface area contributed by atoms with Crippen LogP contribution in [0.3, 0.4) is 0 Å². The summed E-state index contributed by atoms with van der Waals surface area (Å²) in [5, 5.41) is 0.258. The lowest BCUT2D eigenvalue weighted by Gasteiger charge is -2.07. The number of aromatic amines is 1. The van der Waals surface area contributed by atoms with Gasteiger partial charge in [-0.15, -0.1) is 0 Å². The lowest BCUT2D eigenvalue weighted by Crippen LogP contribution is -2.06. The maximum absolute atomic E-state index is 12.9. The number of carbonyl (C=O) groups is 1. The molecule has 0 saturated heterocycles. The fourth-order valence-electron chi connectivity index (χ4n) is 1.88. The van der Waals surface area contributed by atoms with Gasteiger partial charge < -0.3 is 9.72 Å². The molecule has 102 valence electrons. The minimum atomic E-state index is -4.46. The molecule has 0 bridgehead atoms. The number of benzene rings is 1. The molecule has 2 aromatic rings. The summed E-state index contributed by atoms with van der Waals surface area (Å²) in [6.07, 6.45) is -4.30. The van der Waals surface area contributed by atoms with Crippen molar-refractivity contribution in [2.24, 2.45) is 0 Å². The Labute approximate surface area is 107 Å². The van der Waals surface area contributed by atoms with Crippen LogP contribution in [0.1, 0.15) is 24.6 Å². The molecule has 0 radical (unpaired) electrons. The molecule has 2 rings (SSSR count). The highest BCUT2D eigenvalue weighted by Gasteiger charge is 2.34. The van der Waals surface area contributed by atoms with Crippen LogP contribution in [0.5, 0.6) is 5.75 Å². The van der Waals surface area contributed by atoms with Crippen molar-refractivity contribution >= 4 is 16.9 Å². The molecule has 0 amide bonds. The van der Waals surface area contributed by atoms with E-state index in [9.17, 15) is 18.0 Å². The van der Waals surface area contributed by atoms with Gasteiger partial charge in [-0.25, -0.2) is 0 Å². The highest BCUT2D eigenvalue weighted by Crippen LogP contribution is 2.38. The zero-order valence-corrected chi connectivity index (χ0v) is 10.4. The molecule has 0 saturated carbocycles. The second-order valence-corrected chi connectivity index (χ2v) is 4.13. The first-order valence-electron chi connectivity index (χ1n) is 5.73. The van der Waals surface area contributed by atoms with Crippen molar-refractivity contribution in [3.63, 3.8) is 0 Å². The molecule has 0 atom stereocenters. The average molecular weight is 271 g/mol. The summed E-state index contributed by atoms with van der Waals surface area (Å²) in [5.74, 6) is -0.325. The summed E-state index contributed by atoms with van der Waals surface area (Å²) in [7, 11) is 0. The smallest absolute Gasteiger partial charge is 0.418 e. The Bertz CT molecular complexity index is 629. The Kier molecular flexibility index (Phi) is 3.26. The molecule has 0 unspecified atom stereocenters. The Morgan fingerprint density at radius 2 is 2.05 bits per heavy atom. The number of para-hydroxylation sites is 1. The second kappa shape index (κ2) is 4.60. The maximum Gasteiger partial charge on any atom is 0.418 e. The number of hydrogen-bond donors (Lipinski definition) is 1. The van der Waals surface area contributed by atoms with Gasteiger partial charge in [-0.05, 0) is 19.1 Å². The minimum Gasteiger partial charge on any atom is -0.424 e. The summed E-state index contributed by atoms with van der Waals surface area (Å²) < 4.78 is 43.7. The van der Waals surface area contributed by atoms with Crippen molar-refractivity contribution in [1.82, 2.24) is 4.98 Å². The van der Waals surface area contributed by atoms with E-state index in [1.165, 1.54) is 12.1 Å². The number of ether oxygens (including phenoxy) is 1. The molecule has 19 heavy (non-hydrogen) atoms. The largest absolute Gasteiger partial charge is 0.424 e. The highest BCUT2D eigenvalue weighted by atomic mass is 19.4. The fourth-order valence-corrected chi connectivity index (χ4v) is 1.88. The van der Waals surface area contributed by atoms with Crippen LogP contribution >= 0.6 is 0 Å². The van der Waals surface area contributed by atoms with Crippen molar-refractivity contribution < 1.29 is 22.7 Å². The number of rotatable bonds is 2. The molecule has 1 aromatic carbocycles. The van der Waals surface area contributed by atoms with Crippen LogP contribution in [-0.4, -0.2) is 11.0 Å². The number of hydrogen-bond acceptors (Lipinski definition) is 2. The van der Waals surface area contributed by atoms with E-state index in [0.717, 1.165) is 6.07 Å². The highest BCUT2D eigenvalue weighted by molar-refractivity contribution is 5.92. The van der Waals surface area contributed by atoms with Crippen LogP contribution in [-0.2, 0) is 11.0 Å². The van der Waals surface area contributed by atoms with Crippen molar-refractivity contribution in [1.29, 1.82) is 0 Å². The molecule has 0 aliphatic heterocycles. The second-order valence-electron chi connectivity index (χ2n) is 4.13. The summed E-state index contributed by atoms with van der Waals surface area (Å²) in [6.45, 7) is 3.19. The van der Waals surface area contributed by atoms with Gasteiger partial charge >= 0.3 is 12.1 Å². The van der Waals surface area contributed by atoms with Gasteiger partial charge in [-0.1, -0.05) is 13.0 Å². The Morgan fingerprint density at radius 1 is 1.37 bits per heavy atom. The molecule has 1 aromatic heterocycles. The third-order valence-corrected chi connectivity index (χ3v) is 2.77. The van der Waals surface area contributed by atoms with Crippen LogP contribution in [0.15, 0.2) is 18.2 Å². The topological polar surface area (TPSA) is 42.1 Å². The predicted molar refractivity (Wildman–Crippen MR) is 64.0 cm³/mol. The Balaban J connectivity index is 2.62. The molecular weight excluding hydrogens is 259 g/mol. The Morgan fingerprint density at radius 3 is 2.63 bits per heavy atom. The lowest BCUT2D eigenvalue weighted by molar-refractivity contribution is -0.136. The monoisotopic (exact) mass is 271 g/mol. The number of halogens is 3. The quantitative estimate of drug-likeness (QED) is 0.844. The van der Waals surface area contributed by atoms with E-state index >= 15 is 0 Å². The first-order valence-corrected chi connectivity index (χ1v) is 5.73. The first-order chi connectivity index (χ1) is 8.84. The van der Waals surface area contributed by atoms with Gasteiger partial charge in [0.15, 0.2) is 5.75 Å². The number of aryl methyl sites for hydroxylation is 1. The van der Waals surface area contributed by atoms with Crippen LogP contribution in [0, 0.1) is 6.92 Å². The predicted octanol–water partition coefficient (Wildman–Crippen LogP) is 3.81. The molecule has 3 nitrogen and oxygen atoms in total. The number of esters is 1. The normalized spacial score (nSPS) is 11.8. The maximum atomic E-state index is 12.9. The molecule has 1 N–H and O–H groups in total. The zero-order chi connectivity index (χ0) is 14.2. The van der Waals surface area contributed by atoms with Crippen molar-refractivity contribution in [3.05, 3.63) is 29.5 Å². The molecule has 0 aliphatic rings. The number of H-pyrrole nitrogens is 1. The Hall–Kier alpha value is -1.98. The van der Waals surface area contributed by atoms with E-state index in [1.807, 2.05) is 0 Å². The van der Waals surface area contributed by atoms with Crippen LogP contribution < -0.4 is 4.74 Å². The van der Waals surface area contributed by atoms with Gasteiger partial charge in [-0.3, -0.25) is 4.79 Å². The van der Waals surface area contributed by atoms with Gasteiger partial charge in [0.05, 0.1) is 16.8 Å². The zero-order valence-electron chi connectivity index (χ0n) is 10.4. The van der Waals surface area contributed by atoms with Crippen molar-refractivity contribution in [3.8, 4) is 5.75 Å². The van der Waals surface area contributed by atoms with E-state index in [4.69, 9.17) is 4.74 Å². The van der Waals surface area contributed by atoms with Crippen LogP contribution in [0.25, 0.3) is 10.9 Å². The van der Waals surface area contributed by atoms with Crippen molar-refractivity contribution in [2.75, 3.05) is 0 Å². The first kappa shape index (κ1) is 13.5. The van der Waals surface area contributed by atoms with E-state index in [1.54, 1.807) is 13.8 Å². The van der Waals surface area contributed by atoms with E-state index in [0.29, 0.717) is 5.69 Å². The minimum absolute atomic E-state index is 0.0635. The fraction of sp³-hybridized carbons (Fsp3) is 0.308. The van der Waals surface area contributed by atoms with Gasteiger partial charge in [-0.2, -0.15) is 13.2 Å². The summed E-state index contributed by atoms with van der Waals surface area (Å²) in [5.41, 5.74) is -0.438. The number of aromatic nitrogens is 1. The standard InChI is InChI=1S/C13H12F3NO2/c1-3-10(18)19-12-7(2)17-11-8(12)5-4-6-9(11)13(14,15)16/h4-6,17H,3H2,1-2H3. The SMILES string of the molecule is CCC(=O)Oc1c(C)[nH]c2c(C(F)(F)F)cccc12. The van der Waals surface area contributed by atoms with E-state index in [-0.39, 0.29) is 23.1 Å². The van der Waals surface area contributed by atoms with Crippen LogP contribution in [0.2, 0.25) is 0 Å². The lowest BCUT2D eigenvalue weighted by atomic mass is 10.1. The molecule has 0 spiro atoms. The molecule has 0 aliphatic carbocycles. The van der Waals surface area contributed by atoms with Gasteiger partial charge in [0.2, 0.25) is 0 Å². The third-order valence-electron chi connectivity index (χ3n) is 2.77. The van der Waals surface area contributed by atoms with E-state index < -0.39 is 17.7 Å². The number of carbonyl (C=O) groups excluding carboxylic acids is 1. The van der Waals surface area contributed by atoms with Crippen molar-refractivity contribution in [2.45, 2.75) is 26.4 Å². The van der Waals surface area contributed by atoms with E-state index in [2.05, 4.69) is 4.98 Å². The molecule has 6 heteroatoms. The summed E-state index contributed by atoms with van der Waals surface area (Å²) in [6, 6.07) is 3.78.